The number of fused-ring (bicyclic) bond motifs is 2. The number of piperazine rings is 1. The monoisotopic (exact) mass is 509 g/mol. The summed E-state index contributed by atoms with van der Waals surface area (Å²) in [6, 6.07) is 26.6. The summed E-state index contributed by atoms with van der Waals surface area (Å²) in [4.78, 5) is 34.5. The highest BCUT2D eigenvalue weighted by atomic mass is 32.1. The number of rotatable bonds is 4. The molecule has 1 fully saturated rings. The molecule has 4 aromatic rings. The molecular formula is C31H31N3O2S. The number of benzene rings is 3. The second-order valence-electron chi connectivity index (χ2n) is 9.96. The highest BCUT2D eigenvalue weighted by Gasteiger charge is 2.37. The zero-order valence-electron chi connectivity index (χ0n) is 21.0. The topological polar surface area (TPSA) is 43.9 Å². The molecule has 2 aliphatic heterocycles. The lowest BCUT2D eigenvalue weighted by molar-refractivity contribution is -0.138. The normalized spacial score (nSPS) is 19.0. The number of carbonyl (C=O) groups excluding carboxylic acids is 2. The van der Waals surface area contributed by atoms with E-state index in [-0.39, 0.29) is 23.9 Å². The zero-order valence-corrected chi connectivity index (χ0v) is 21.9. The zero-order chi connectivity index (χ0) is 25.4. The van der Waals surface area contributed by atoms with Gasteiger partial charge in [-0.25, -0.2) is 0 Å². The Morgan fingerprint density at radius 3 is 2.30 bits per heavy atom. The molecular weight excluding hydrogens is 478 g/mol. The molecule has 0 N–H and O–H groups in total. The molecule has 0 aliphatic carbocycles. The molecule has 2 aliphatic rings. The smallest absolute Gasteiger partial charge is 0.253 e. The van der Waals surface area contributed by atoms with Crippen LogP contribution < -0.4 is 0 Å². The minimum Gasteiger partial charge on any atom is -0.338 e. The van der Waals surface area contributed by atoms with Gasteiger partial charge in [0.2, 0.25) is 5.91 Å². The predicted octanol–water partition coefficient (Wildman–Crippen LogP) is 5.22. The van der Waals surface area contributed by atoms with Gasteiger partial charge >= 0.3 is 0 Å². The van der Waals surface area contributed by atoms with Gasteiger partial charge in [0.15, 0.2) is 0 Å². The van der Waals surface area contributed by atoms with Crippen molar-refractivity contribution in [2.45, 2.75) is 25.4 Å². The van der Waals surface area contributed by atoms with Crippen molar-refractivity contribution in [3.8, 4) is 0 Å². The van der Waals surface area contributed by atoms with Crippen molar-refractivity contribution in [3.63, 3.8) is 0 Å². The van der Waals surface area contributed by atoms with Crippen LogP contribution in [0.5, 0.6) is 0 Å². The first-order chi connectivity index (χ1) is 18.1. The lowest BCUT2D eigenvalue weighted by Crippen LogP contribution is -2.56. The Morgan fingerprint density at radius 2 is 1.51 bits per heavy atom. The molecule has 3 aromatic carbocycles. The molecule has 37 heavy (non-hydrogen) atoms. The molecule has 6 heteroatoms. The third kappa shape index (κ3) is 4.56. The van der Waals surface area contributed by atoms with Crippen molar-refractivity contribution in [1.29, 1.82) is 0 Å². The number of carbonyl (C=O) groups is 2. The van der Waals surface area contributed by atoms with E-state index in [1.165, 1.54) is 16.0 Å². The second kappa shape index (κ2) is 10.1. The average molecular weight is 510 g/mol. The van der Waals surface area contributed by atoms with E-state index in [0.717, 1.165) is 23.7 Å². The molecule has 5 nitrogen and oxygen atoms in total. The highest BCUT2D eigenvalue weighted by molar-refractivity contribution is 7.10. The summed E-state index contributed by atoms with van der Waals surface area (Å²) in [7, 11) is 0. The maximum Gasteiger partial charge on any atom is 0.253 e. The quantitative estimate of drug-likeness (QED) is 0.379. The Hall–Kier alpha value is -3.48. The van der Waals surface area contributed by atoms with Crippen LogP contribution in [0.4, 0.5) is 0 Å². The van der Waals surface area contributed by atoms with Crippen LogP contribution in [0.1, 0.15) is 39.3 Å². The summed E-state index contributed by atoms with van der Waals surface area (Å²) < 4.78 is 0. The Morgan fingerprint density at radius 1 is 0.811 bits per heavy atom. The molecule has 0 bridgehead atoms. The second-order valence-corrected chi connectivity index (χ2v) is 11.0. The number of hydrogen-bond acceptors (Lipinski definition) is 4. The maximum absolute atomic E-state index is 13.7. The van der Waals surface area contributed by atoms with Gasteiger partial charge in [-0.1, -0.05) is 60.7 Å². The first-order valence-corrected chi connectivity index (χ1v) is 13.9. The van der Waals surface area contributed by atoms with E-state index in [4.69, 9.17) is 0 Å². The van der Waals surface area contributed by atoms with Gasteiger partial charge < -0.3 is 9.80 Å². The number of nitrogens with zero attached hydrogens (tertiary/aromatic N) is 3. The Balaban J connectivity index is 1.14. The van der Waals surface area contributed by atoms with Gasteiger partial charge in [-0.15, -0.1) is 11.3 Å². The molecule has 3 heterocycles. The van der Waals surface area contributed by atoms with Gasteiger partial charge in [-0.2, -0.15) is 0 Å². The van der Waals surface area contributed by atoms with E-state index >= 15 is 0 Å². The van der Waals surface area contributed by atoms with Crippen molar-refractivity contribution < 1.29 is 9.59 Å². The van der Waals surface area contributed by atoms with Gasteiger partial charge in [0.1, 0.15) is 0 Å². The van der Waals surface area contributed by atoms with Crippen LogP contribution in [0.15, 0.2) is 84.2 Å². The van der Waals surface area contributed by atoms with Crippen LogP contribution in [-0.4, -0.2) is 65.3 Å². The Bertz CT molecular complexity index is 1420. The number of thiophene rings is 1. The first-order valence-electron chi connectivity index (χ1n) is 13.0. The van der Waals surface area contributed by atoms with Crippen molar-refractivity contribution in [2.24, 2.45) is 0 Å². The van der Waals surface area contributed by atoms with Gasteiger partial charge in [0, 0.05) is 43.2 Å². The standard InChI is InChI=1S/C31H31N3O2S/c1-22(34-15-13-28-27(14-20-37-28)29(34)24-8-3-2-4-9-24)30(35)32-16-18-33(19-17-32)31(36)26-12-11-23-7-5-6-10-25(23)21-26/h2-12,14,20-22,29H,13,15-19H2,1H3/t22-,29-/m0/s1. The fourth-order valence-electron chi connectivity index (χ4n) is 5.80. The molecule has 6 rings (SSSR count). The molecule has 1 saturated heterocycles. The highest BCUT2D eigenvalue weighted by Crippen LogP contribution is 2.39. The lowest BCUT2D eigenvalue weighted by Gasteiger charge is -2.42. The fraction of sp³-hybridized carbons (Fsp3) is 0.290. The maximum atomic E-state index is 13.7. The lowest BCUT2D eigenvalue weighted by atomic mass is 9.92. The summed E-state index contributed by atoms with van der Waals surface area (Å²) in [5.41, 5.74) is 3.26. The molecule has 0 spiro atoms. The van der Waals surface area contributed by atoms with Crippen molar-refractivity contribution in [3.05, 3.63) is 106 Å². The van der Waals surface area contributed by atoms with E-state index < -0.39 is 0 Å². The summed E-state index contributed by atoms with van der Waals surface area (Å²) in [6.07, 6.45) is 0.974. The Kier molecular flexibility index (Phi) is 6.53. The molecule has 0 radical (unpaired) electrons. The van der Waals surface area contributed by atoms with Gasteiger partial charge in [-0.05, 0) is 58.8 Å². The van der Waals surface area contributed by atoms with Crippen LogP contribution in [0.2, 0.25) is 0 Å². The Labute approximate surface area is 221 Å². The van der Waals surface area contributed by atoms with Crippen LogP contribution in [0.3, 0.4) is 0 Å². The van der Waals surface area contributed by atoms with E-state index in [2.05, 4.69) is 46.7 Å². The number of amides is 2. The summed E-state index contributed by atoms with van der Waals surface area (Å²) in [5.74, 6) is 0.188. The minimum absolute atomic E-state index is 0.0380. The minimum atomic E-state index is -0.235. The van der Waals surface area contributed by atoms with E-state index in [0.29, 0.717) is 31.7 Å². The summed E-state index contributed by atoms with van der Waals surface area (Å²) in [6.45, 7) is 5.15. The fourth-order valence-corrected chi connectivity index (χ4v) is 6.70. The molecule has 2 amide bonds. The number of hydrogen-bond donors (Lipinski definition) is 0. The van der Waals surface area contributed by atoms with Gasteiger partial charge in [-0.3, -0.25) is 14.5 Å². The first kappa shape index (κ1) is 23.9. The summed E-state index contributed by atoms with van der Waals surface area (Å²) >= 11 is 1.82. The van der Waals surface area contributed by atoms with E-state index in [9.17, 15) is 9.59 Å². The van der Waals surface area contributed by atoms with Crippen LogP contribution >= 0.6 is 11.3 Å². The van der Waals surface area contributed by atoms with E-state index in [1.54, 1.807) is 0 Å². The largest absolute Gasteiger partial charge is 0.338 e. The molecule has 188 valence electrons. The SMILES string of the molecule is C[C@@H](C(=O)N1CCN(C(=O)c2ccc3ccccc3c2)CC1)N1CCc2sccc2[C@@H]1c1ccccc1. The van der Waals surface area contributed by atoms with Crippen molar-refractivity contribution in [2.75, 3.05) is 32.7 Å². The van der Waals surface area contributed by atoms with E-state index in [1.807, 2.05) is 70.5 Å². The van der Waals surface area contributed by atoms with Crippen LogP contribution in [0, 0.1) is 0 Å². The molecule has 2 atom stereocenters. The van der Waals surface area contributed by atoms with Crippen LogP contribution in [-0.2, 0) is 11.2 Å². The predicted molar refractivity (Wildman–Crippen MR) is 149 cm³/mol. The van der Waals surface area contributed by atoms with Gasteiger partial charge in [0.05, 0.1) is 12.1 Å². The molecule has 0 unspecified atom stereocenters. The van der Waals surface area contributed by atoms with Gasteiger partial charge in [0.25, 0.3) is 5.91 Å². The third-order valence-corrected chi connectivity index (χ3v) is 8.84. The molecule has 0 saturated carbocycles. The molecule has 1 aromatic heterocycles. The van der Waals surface area contributed by atoms with Crippen molar-refractivity contribution >= 4 is 33.9 Å². The average Bonchev–Trinajstić information content (AvgIpc) is 3.45. The third-order valence-electron chi connectivity index (χ3n) is 7.85. The van der Waals surface area contributed by atoms with Crippen molar-refractivity contribution in [1.82, 2.24) is 14.7 Å². The summed E-state index contributed by atoms with van der Waals surface area (Å²) in [5, 5.41) is 4.37. The van der Waals surface area contributed by atoms with Crippen LogP contribution in [0.25, 0.3) is 10.8 Å².